The Kier molecular flexibility index (Phi) is 6.24. The first-order valence-electron chi connectivity index (χ1n) is 9.22. The number of ether oxygens (including phenoxy) is 1. The van der Waals surface area contributed by atoms with Gasteiger partial charge in [0.25, 0.3) is 0 Å². The molecule has 0 saturated carbocycles. The minimum Gasteiger partial charge on any atom is -0.383 e. The standard InChI is InChI=1S/C20H25N3O4/c1-27-14-13-22-19(25)15-23(20(22)26)17-9-11-21(12-10-17)18(24)8-7-16-5-3-2-4-6-16/h2-8,17H,9-15H2,1H3/b8-7+. The van der Waals surface area contributed by atoms with Crippen molar-refractivity contribution >= 4 is 23.9 Å². The van der Waals surface area contributed by atoms with E-state index in [4.69, 9.17) is 4.74 Å². The molecule has 0 aromatic heterocycles. The van der Waals surface area contributed by atoms with Crippen LogP contribution in [0.25, 0.3) is 6.08 Å². The van der Waals surface area contributed by atoms with Crippen LogP contribution in [-0.4, -0.2) is 78.5 Å². The van der Waals surface area contributed by atoms with Crippen molar-refractivity contribution < 1.29 is 19.1 Å². The molecule has 2 saturated heterocycles. The number of methoxy groups -OCH3 is 1. The number of urea groups is 1. The lowest BCUT2D eigenvalue weighted by Crippen LogP contribution is -2.47. The molecule has 0 spiro atoms. The van der Waals surface area contributed by atoms with Gasteiger partial charge in [0.1, 0.15) is 6.54 Å². The highest BCUT2D eigenvalue weighted by atomic mass is 16.5. The number of carbonyl (C=O) groups is 3. The second-order valence-electron chi connectivity index (χ2n) is 6.75. The fourth-order valence-corrected chi connectivity index (χ4v) is 3.48. The third-order valence-corrected chi connectivity index (χ3v) is 5.04. The quantitative estimate of drug-likeness (QED) is 0.563. The zero-order valence-electron chi connectivity index (χ0n) is 15.5. The van der Waals surface area contributed by atoms with Gasteiger partial charge in [0.2, 0.25) is 11.8 Å². The van der Waals surface area contributed by atoms with Gasteiger partial charge < -0.3 is 14.5 Å². The molecule has 7 nitrogen and oxygen atoms in total. The Labute approximate surface area is 159 Å². The molecule has 2 fully saturated rings. The van der Waals surface area contributed by atoms with Crippen molar-refractivity contribution in [2.45, 2.75) is 18.9 Å². The average molecular weight is 371 g/mol. The van der Waals surface area contributed by atoms with Crippen molar-refractivity contribution in [3.63, 3.8) is 0 Å². The number of benzene rings is 1. The molecule has 27 heavy (non-hydrogen) atoms. The van der Waals surface area contributed by atoms with Crippen LogP contribution >= 0.6 is 0 Å². The molecule has 144 valence electrons. The van der Waals surface area contributed by atoms with Crippen LogP contribution < -0.4 is 0 Å². The molecule has 0 bridgehead atoms. The van der Waals surface area contributed by atoms with Crippen LogP contribution in [0.1, 0.15) is 18.4 Å². The van der Waals surface area contributed by atoms with Crippen LogP contribution in [0.5, 0.6) is 0 Å². The van der Waals surface area contributed by atoms with E-state index in [1.54, 1.807) is 23.0 Å². The lowest BCUT2D eigenvalue weighted by Gasteiger charge is -2.35. The number of imide groups is 1. The van der Waals surface area contributed by atoms with E-state index in [-0.39, 0.29) is 37.0 Å². The summed E-state index contributed by atoms with van der Waals surface area (Å²) in [5.41, 5.74) is 0.984. The first-order chi connectivity index (χ1) is 13.1. The van der Waals surface area contributed by atoms with Crippen molar-refractivity contribution in [1.29, 1.82) is 0 Å². The van der Waals surface area contributed by atoms with Crippen molar-refractivity contribution in [3.05, 3.63) is 42.0 Å². The number of hydrogen-bond donors (Lipinski definition) is 0. The van der Waals surface area contributed by atoms with Gasteiger partial charge in [-0.3, -0.25) is 14.5 Å². The van der Waals surface area contributed by atoms with Crippen molar-refractivity contribution in [1.82, 2.24) is 14.7 Å². The Bertz CT molecular complexity index is 711. The van der Waals surface area contributed by atoms with E-state index in [1.165, 1.54) is 4.90 Å². The maximum Gasteiger partial charge on any atom is 0.327 e. The van der Waals surface area contributed by atoms with Crippen LogP contribution in [0.2, 0.25) is 0 Å². The molecule has 0 aliphatic carbocycles. The topological polar surface area (TPSA) is 70.2 Å². The molecular weight excluding hydrogens is 346 g/mol. The Balaban J connectivity index is 1.51. The smallest absolute Gasteiger partial charge is 0.327 e. The second kappa shape index (κ2) is 8.81. The number of likely N-dealkylation sites (tertiary alicyclic amines) is 1. The summed E-state index contributed by atoms with van der Waals surface area (Å²) >= 11 is 0. The molecule has 0 unspecified atom stereocenters. The molecule has 2 aliphatic rings. The Morgan fingerprint density at radius 1 is 1.19 bits per heavy atom. The van der Waals surface area contributed by atoms with Crippen molar-refractivity contribution in [2.75, 3.05) is 39.9 Å². The fraction of sp³-hybridized carbons (Fsp3) is 0.450. The lowest BCUT2D eigenvalue weighted by molar-refractivity contribution is -0.128. The van der Waals surface area contributed by atoms with Gasteiger partial charge in [-0.1, -0.05) is 30.3 Å². The van der Waals surface area contributed by atoms with Gasteiger partial charge in [-0.05, 0) is 24.5 Å². The highest BCUT2D eigenvalue weighted by Gasteiger charge is 2.40. The predicted molar refractivity (Wildman–Crippen MR) is 101 cm³/mol. The highest BCUT2D eigenvalue weighted by Crippen LogP contribution is 2.22. The van der Waals surface area contributed by atoms with Gasteiger partial charge in [0.15, 0.2) is 0 Å². The third kappa shape index (κ3) is 4.54. The van der Waals surface area contributed by atoms with E-state index in [0.717, 1.165) is 5.56 Å². The first kappa shape index (κ1) is 19.1. The van der Waals surface area contributed by atoms with Crippen LogP contribution in [0, 0.1) is 0 Å². The molecular formula is C20H25N3O4. The van der Waals surface area contributed by atoms with Gasteiger partial charge in [-0.25, -0.2) is 4.79 Å². The largest absolute Gasteiger partial charge is 0.383 e. The van der Waals surface area contributed by atoms with E-state index >= 15 is 0 Å². The minimum atomic E-state index is -0.245. The van der Waals surface area contributed by atoms with E-state index < -0.39 is 0 Å². The SMILES string of the molecule is COCCN1C(=O)CN(C2CCN(C(=O)/C=C/c3ccccc3)CC2)C1=O. The highest BCUT2D eigenvalue weighted by molar-refractivity contribution is 6.02. The summed E-state index contributed by atoms with van der Waals surface area (Å²) in [5, 5.41) is 0. The molecule has 7 heteroatoms. The van der Waals surface area contributed by atoms with Gasteiger partial charge in [0, 0.05) is 32.3 Å². The lowest BCUT2D eigenvalue weighted by atomic mass is 10.0. The Morgan fingerprint density at radius 2 is 1.89 bits per heavy atom. The molecule has 3 rings (SSSR count). The van der Waals surface area contributed by atoms with Gasteiger partial charge in [0.05, 0.1) is 13.2 Å². The molecule has 1 aromatic rings. The van der Waals surface area contributed by atoms with Crippen LogP contribution in [0.4, 0.5) is 4.79 Å². The summed E-state index contributed by atoms with van der Waals surface area (Å²) in [5.74, 6) is -0.204. The normalized spacial score (nSPS) is 18.8. The Hall–Kier alpha value is -2.67. The van der Waals surface area contributed by atoms with E-state index in [2.05, 4.69) is 0 Å². The number of nitrogens with zero attached hydrogens (tertiary/aromatic N) is 3. The molecule has 0 N–H and O–H groups in total. The first-order valence-corrected chi connectivity index (χ1v) is 9.22. The van der Waals surface area contributed by atoms with E-state index in [0.29, 0.717) is 32.5 Å². The molecule has 2 heterocycles. The Morgan fingerprint density at radius 3 is 2.56 bits per heavy atom. The summed E-state index contributed by atoms with van der Waals surface area (Å²) in [6.45, 7) is 1.91. The number of carbonyl (C=O) groups excluding carboxylic acids is 3. The molecule has 1 aromatic carbocycles. The summed E-state index contributed by atoms with van der Waals surface area (Å²) < 4.78 is 4.96. The summed E-state index contributed by atoms with van der Waals surface area (Å²) in [4.78, 5) is 41.6. The maximum atomic E-state index is 12.5. The zero-order valence-corrected chi connectivity index (χ0v) is 15.5. The van der Waals surface area contributed by atoms with Crippen LogP contribution in [-0.2, 0) is 14.3 Å². The van der Waals surface area contributed by atoms with Gasteiger partial charge in [-0.2, -0.15) is 0 Å². The summed E-state index contributed by atoms with van der Waals surface area (Å²) in [7, 11) is 1.54. The molecule has 2 aliphatic heterocycles. The van der Waals surface area contributed by atoms with Gasteiger partial charge >= 0.3 is 6.03 Å². The van der Waals surface area contributed by atoms with Crippen LogP contribution in [0.15, 0.2) is 36.4 Å². The summed E-state index contributed by atoms with van der Waals surface area (Å²) in [6.07, 6.45) is 4.77. The predicted octanol–water partition coefficient (Wildman–Crippen LogP) is 1.60. The number of amides is 4. The fourth-order valence-electron chi connectivity index (χ4n) is 3.48. The average Bonchev–Trinajstić information content (AvgIpc) is 2.99. The monoisotopic (exact) mass is 371 g/mol. The zero-order chi connectivity index (χ0) is 19.2. The van der Waals surface area contributed by atoms with Crippen LogP contribution in [0.3, 0.4) is 0 Å². The van der Waals surface area contributed by atoms with E-state index in [1.807, 2.05) is 36.4 Å². The minimum absolute atomic E-state index is 0.00357. The van der Waals surface area contributed by atoms with Crippen molar-refractivity contribution in [2.24, 2.45) is 0 Å². The number of rotatable bonds is 6. The van der Waals surface area contributed by atoms with Gasteiger partial charge in [-0.15, -0.1) is 0 Å². The summed E-state index contributed by atoms with van der Waals surface area (Å²) in [6, 6.07) is 9.44. The van der Waals surface area contributed by atoms with E-state index in [9.17, 15) is 14.4 Å². The third-order valence-electron chi connectivity index (χ3n) is 5.04. The molecule has 0 radical (unpaired) electrons. The maximum absolute atomic E-state index is 12.5. The van der Waals surface area contributed by atoms with Crippen molar-refractivity contribution in [3.8, 4) is 0 Å². The number of hydrogen-bond acceptors (Lipinski definition) is 4. The second-order valence-corrected chi connectivity index (χ2v) is 6.75. The molecule has 4 amide bonds. The molecule has 0 atom stereocenters. The number of piperidine rings is 1.